The van der Waals surface area contributed by atoms with Gasteiger partial charge in [0.1, 0.15) is 6.10 Å². The Morgan fingerprint density at radius 2 is 1.83 bits per heavy atom. The number of nitro groups is 1. The van der Waals surface area contributed by atoms with Crippen LogP contribution in [0.5, 0.6) is 0 Å². The van der Waals surface area contributed by atoms with E-state index in [9.17, 15) is 19.7 Å². The van der Waals surface area contributed by atoms with Crippen molar-refractivity contribution in [2.75, 3.05) is 6.61 Å². The third-order valence-electron chi connectivity index (χ3n) is 4.39. The van der Waals surface area contributed by atoms with E-state index in [1.807, 2.05) is 6.92 Å². The number of carbonyl (C=O) groups is 2. The standard InChI is InChI=1S/C17H21NO6/c1-3-23-16(20)17(2)10-8-14(9-11-17)24-15(19)12-4-6-13(7-5-12)18(21)22/h4-7,14H,3,8-11H2,1-2H3/t14-,17+. The van der Waals surface area contributed by atoms with Crippen LogP contribution < -0.4 is 0 Å². The Bertz CT molecular complexity index is 616. The van der Waals surface area contributed by atoms with Gasteiger partial charge < -0.3 is 9.47 Å². The number of esters is 2. The molecule has 0 radical (unpaired) electrons. The first-order chi connectivity index (χ1) is 11.4. The number of hydrogen-bond donors (Lipinski definition) is 0. The highest BCUT2D eigenvalue weighted by Gasteiger charge is 2.39. The summed E-state index contributed by atoms with van der Waals surface area (Å²) in [7, 11) is 0. The van der Waals surface area contributed by atoms with Crippen LogP contribution in [0.15, 0.2) is 24.3 Å². The summed E-state index contributed by atoms with van der Waals surface area (Å²) in [6.07, 6.45) is 2.13. The predicted octanol–water partition coefficient (Wildman–Crippen LogP) is 3.26. The molecule has 1 aromatic rings. The first kappa shape index (κ1) is 17.9. The Kier molecular flexibility index (Phi) is 5.54. The van der Waals surface area contributed by atoms with Crippen molar-refractivity contribution in [3.05, 3.63) is 39.9 Å². The molecule has 1 aliphatic rings. The number of rotatable bonds is 5. The average Bonchev–Trinajstić information content (AvgIpc) is 2.57. The number of nitro benzene ring substituents is 1. The topological polar surface area (TPSA) is 95.7 Å². The van der Waals surface area contributed by atoms with Crippen molar-refractivity contribution in [1.29, 1.82) is 0 Å². The molecule has 0 spiro atoms. The van der Waals surface area contributed by atoms with Crippen LogP contribution in [0.2, 0.25) is 0 Å². The van der Waals surface area contributed by atoms with Crippen LogP contribution in [0.3, 0.4) is 0 Å². The fourth-order valence-electron chi connectivity index (χ4n) is 2.79. The molecular formula is C17H21NO6. The average molecular weight is 335 g/mol. The summed E-state index contributed by atoms with van der Waals surface area (Å²) >= 11 is 0. The molecule has 0 aromatic heterocycles. The molecule has 0 saturated heterocycles. The van der Waals surface area contributed by atoms with Gasteiger partial charge in [-0.3, -0.25) is 14.9 Å². The summed E-state index contributed by atoms with van der Waals surface area (Å²) in [5, 5.41) is 10.6. The van der Waals surface area contributed by atoms with E-state index in [0.717, 1.165) is 0 Å². The molecule has 1 fully saturated rings. The summed E-state index contributed by atoms with van der Waals surface area (Å²) in [6.45, 7) is 4.01. The number of nitrogens with zero attached hydrogens (tertiary/aromatic N) is 1. The molecule has 0 amide bonds. The lowest BCUT2D eigenvalue weighted by atomic mass is 9.74. The van der Waals surface area contributed by atoms with Gasteiger partial charge in [0.2, 0.25) is 0 Å². The van der Waals surface area contributed by atoms with E-state index in [-0.39, 0.29) is 23.3 Å². The summed E-state index contributed by atoms with van der Waals surface area (Å²) < 4.78 is 10.5. The second-order valence-corrected chi connectivity index (χ2v) is 6.19. The maximum atomic E-state index is 12.1. The highest BCUT2D eigenvalue weighted by molar-refractivity contribution is 5.89. The van der Waals surface area contributed by atoms with E-state index in [0.29, 0.717) is 32.3 Å². The third kappa shape index (κ3) is 4.10. The first-order valence-corrected chi connectivity index (χ1v) is 7.98. The van der Waals surface area contributed by atoms with E-state index in [1.165, 1.54) is 24.3 Å². The lowest BCUT2D eigenvalue weighted by molar-refractivity contribution is -0.384. The maximum Gasteiger partial charge on any atom is 0.338 e. The van der Waals surface area contributed by atoms with E-state index < -0.39 is 16.3 Å². The summed E-state index contributed by atoms with van der Waals surface area (Å²) in [5.74, 6) is -0.709. The number of non-ortho nitro benzene ring substituents is 1. The highest BCUT2D eigenvalue weighted by Crippen LogP contribution is 2.38. The second kappa shape index (κ2) is 7.42. The predicted molar refractivity (Wildman–Crippen MR) is 85.5 cm³/mol. The van der Waals surface area contributed by atoms with Crippen molar-refractivity contribution in [2.24, 2.45) is 5.41 Å². The van der Waals surface area contributed by atoms with Gasteiger partial charge in [0.15, 0.2) is 0 Å². The van der Waals surface area contributed by atoms with Crippen molar-refractivity contribution >= 4 is 17.6 Å². The lowest BCUT2D eigenvalue weighted by Gasteiger charge is -2.34. The Balaban J connectivity index is 1.90. The zero-order valence-corrected chi connectivity index (χ0v) is 13.8. The molecule has 0 aliphatic heterocycles. The minimum atomic E-state index is -0.522. The molecule has 0 bridgehead atoms. The molecule has 7 nitrogen and oxygen atoms in total. The summed E-state index contributed by atoms with van der Waals surface area (Å²) in [6, 6.07) is 5.31. The van der Waals surface area contributed by atoms with Gasteiger partial charge in [-0.1, -0.05) is 0 Å². The second-order valence-electron chi connectivity index (χ2n) is 6.19. The molecule has 130 valence electrons. The number of carbonyl (C=O) groups excluding carboxylic acids is 2. The molecule has 0 heterocycles. The Hall–Kier alpha value is -2.44. The number of benzene rings is 1. The fourth-order valence-corrected chi connectivity index (χ4v) is 2.79. The molecule has 0 atom stereocenters. The Labute approximate surface area is 140 Å². The van der Waals surface area contributed by atoms with Crippen molar-refractivity contribution in [3.63, 3.8) is 0 Å². The Morgan fingerprint density at radius 3 is 2.33 bits per heavy atom. The molecule has 0 unspecified atom stereocenters. The van der Waals surface area contributed by atoms with Crippen molar-refractivity contribution < 1.29 is 24.0 Å². The zero-order chi connectivity index (χ0) is 17.7. The summed E-state index contributed by atoms with van der Waals surface area (Å²) in [4.78, 5) is 34.2. The molecule has 1 aliphatic carbocycles. The normalized spacial score (nSPS) is 23.3. The zero-order valence-electron chi connectivity index (χ0n) is 13.8. The quantitative estimate of drug-likeness (QED) is 0.465. The van der Waals surface area contributed by atoms with Gasteiger partial charge in [-0.15, -0.1) is 0 Å². The van der Waals surface area contributed by atoms with Crippen molar-refractivity contribution in [1.82, 2.24) is 0 Å². The molecule has 1 aromatic carbocycles. The number of hydrogen-bond acceptors (Lipinski definition) is 6. The van der Waals surface area contributed by atoms with E-state index in [2.05, 4.69) is 0 Å². The molecule has 1 saturated carbocycles. The van der Waals surface area contributed by atoms with Crippen LogP contribution >= 0.6 is 0 Å². The Morgan fingerprint density at radius 1 is 1.25 bits per heavy atom. The number of ether oxygens (including phenoxy) is 2. The van der Waals surface area contributed by atoms with Crippen LogP contribution in [0.1, 0.15) is 49.9 Å². The monoisotopic (exact) mass is 335 g/mol. The first-order valence-electron chi connectivity index (χ1n) is 7.98. The molecule has 7 heteroatoms. The highest BCUT2D eigenvalue weighted by atomic mass is 16.6. The van der Waals surface area contributed by atoms with Gasteiger partial charge in [-0.05, 0) is 51.7 Å². The minimum absolute atomic E-state index is 0.0746. The lowest BCUT2D eigenvalue weighted by Crippen LogP contribution is -2.37. The van der Waals surface area contributed by atoms with Crippen LogP contribution in [-0.4, -0.2) is 29.6 Å². The van der Waals surface area contributed by atoms with Gasteiger partial charge in [-0.25, -0.2) is 4.79 Å². The van der Waals surface area contributed by atoms with Gasteiger partial charge in [0.05, 0.1) is 22.5 Å². The van der Waals surface area contributed by atoms with Gasteiger partial charge in [0, 0.05) is 12.1 Å². The van der Waals surface area contributed by atoms with Crippen LogP contribution in [-0.2, 0) is 14.3 Å². The fraction of sp³-hybridized carbons (Fsp3) is 0.529. The molecule has 24 heavy (non-hydrogen) atoms. The van der Waals surface area contributed by atoms with E-state index in [4.69, 9.17) is 9.47 Å². The van der Waals surface area contributed by atoms with Gasteiger partial charge in [-0.2, -0.15) is 0 Å². The maximum absolute atomic E-state index is 12.1. The largest absolute Gasteiger partial charge is 0.466 e. The van der Waals surface area contributed by atoms with E-state index >= 15 is 0 Å². The molecule has 0 N–H and O–H groups in total. The molecule has 2 rings (SSSR count). The van der Waals surface area contributed by atoms with Crippen LogP contribution in [0.25, 0.3) is 0 Å². The minimum Gasteiger partial charge on any atom is -0.466 e. The van der Waals surface area contributed by atoms with Crippen molar-refractivity contribution in [2.45, 2.75) is 45.6 Å². The van der Waals surface area contributed by atoms with E-state index in [1.54, 1.807) is 6.92 Å². The smallest absolute Gasteiger partial charge is 0.338 e. The molecular weight excluding hydrogens is 314 g/mol. The third-order valence-corrected chi connectivity index (χ3v) is 4.39. The van der Waals surface area contributed by atoms with Gasteiger partial charge in [0.25, 0.3) is 5.69 Å². The summed E-state index contributed by atoms with van der Waals surface area (Å²) in [5.41, 5.74) is -0.319. The van der Waals surface area contributed by atoms with Gasteiger partial charge >= 0.3 is 11.9 Å². The van der Waals surface area contributed by atoms with Crippen LogP contribution in [0.4, 0.5) is 5.69 Å². The van der Waals surface area contributed by atoms with Crippen LogP contribution in [0, 0.1) is 15.5 Å². The SMILES string of the molecule is CCOC(=O)[C@]1(C)CC[C@H](OC(=O)c2ccc([N+](=O)[O-])cc2)CC1. The van der Waals surface area contributed by atoms with Crippen molar-refractivity contribution in [3.8, 4) is 0 Å².